The number of piperazine rings is 1. The molecule has 0 aliphatic carbocycles. The standard InChI is InChI=1S/C24H34N6O3/c1-28-21-12-17(2-3-19(21)23(27-28)20-4-5-22(32)26-24(20)33)30-11-10-29(18(14-30)15-31)13-16-6-8-25-9-7-16/h2-3,12,16,18,20,25,31H,4-11,13-15H2,1H3,(H,26,32,33)/t18-,20?/m0/s1. The molecule has 4 heterocycles. The lowest BCUT2D eigenvalue weighted by Gasteiger charge is -2.43. The highest BCUT2D eigenvalue weighted by molar-refractivity contribution is 6.02. The monoisotopic (exact) mass is 454 g/mol. The van der Waals surface area contributed by atoms with E-state index in [4.69, 9.17) is 0 Å². The van der Waals surface area contributed by atoms with Crippen LogP contribution in [0, 0.1) is 5.92 Å². The Kier molecular flexibility index (Phi) is 6.36. The molecule has 5 rings (SSSR count). The highest BCUT2D eigenvalue weighted by Crippen LogP contribution is 2.33. The summed E-state index contributed by atoms with van der Waals surface area (Å²) < 4.78 is 1.83. The number of aryl methyl sites for hydroxylation is 1. The van der Waals surface area contributed by atoms with Gasteiger partial charge in [0.1, 0.15) is 0 Å². The summed E-state index contributed by atoms with van der Waals surface area (Å²) in [7, 11) is 1.90. The predicted octanol–water partition coefficient (Wildman–Crippen LogP) is 0.576. The molecule has 1 aromatic heterocycles. The summed E-state index contributed by atoms with van der Waals surface area (Å²) in [5.74, 6) is -0.152. The smallest absolute Gasteiger partial charge is 0.235 e. The zero-order valence-corrected chi connectivity index (χ0v) is 19.3. The SMILES string of the molecule is Cn1nc(C2CCC(=O)NC2=O)c2ccc(N3CCN(CC4CCNCC4)[C@H](CO)C3)cc21. The van der Waals surface area contributed by atoms with Gasteiger partial charge in [0.2, 0.25) is 11.8 Å². The van der Waals surface area contributed by atoms with E-state index < -0.39 is 5.92 Å². The number of aliphatic hydroxyl groups is 1. The van der Waals surface area contributed by atoms with Gasteiger partial charge in [-0.2, -0.15) is 5.10 Å². The number of aromatic nitrogens is 2. The summed E-state index contributed by atoms with van der Waals surface area (Å²) in [4.78, 5) is 28.7. The first-order valence-electron chi connectivity index (χ1n) is 12.1. The first kappa shape index (κ1) is 22.3. The largest absolute Gasteiger partial charge is 0.395 e. The minimum Gasteiger partial charge on any atom is -0.395 e. The Morgan fingerprint density at radius 3 is 2.73 bits per heavy atom. The lowest BCUT2D eigenvalue weighted by molar-refractivity contribution is -0.134. The van der Waals surface area contributed by atoms with Gasteiger partial charge in [-0.25, -0.2) is 0 Å². The van der Waals surface area contributed by atoms with E-state index in [1.165, 1.54) is 12.8 Å². The summed E-state index contributed by atoms with van der Waals surface area (Å²) in [6.07, 6.45) is 3.27. The fourth-order valence-electron chi connectivity index (χ4n) is 5.62. The Hall–Kier alpha value is -2.49. The van der Waals surface area contributed by atoms with Crippen LogP contribution in [0.4, 0.5) is 5.69 Å². The van der Waals surface area contributed by atoms with Gasteiger partial charge in [0.25, 0.3) is 0 Å². The molecule has 3 aliphatic rings. The number of piperidine rings is 2. The van der Waals surface area contributed by atoms with E-state index in [0.717, 1.165) is 61.6 Å². The van der Waals surface area contributed by atoms with E-state index in [1.54, 1.807) is 0 Å². The lowest BCUT2D eigenvalue weighted by Crippen LogP contribution is -2.56. The number of carbonyl (C=O) groups excluding carboxylic acids is 2. The molecule has 2 atom stereocenters. The fraction of sp³-hybridized carbons (Fsp3) is 0.625. The van der Waals surface area contributed by atoms with Crippen LogP contribution in [0.5, 0.6) is 0 Å². The van der Waals surface area contributed by atoms with E-state index in [1.807, 2.05) is 17.8 Å². The van der Waals surface area contributed by atoms with Crippen molar-refractivity contribution in [1.82, 2.24) is 25.3 Å². The number of carbonyl (C=O) groups is 2. The van der Waals surface area contributed by atoms with Crippen molar-refractivity contribution in [2.75, 3.05) is 50.8 Å². The number of fused-ring (bicyclic) bond motifs is 1. The van der Waals surface area contributed by atoms with Crippen LogP contribution in [0.1, 0.15) is 37.3 Å². The van der Waals surface area contributed by atoms with Crippen molar-refractivity contribution in [2.45, 2.75) is 37.6 Å². The van der Waals surface area contributed by atoms with Gasteiger partial charge in [0, 0.05) is 50.7 Å². The number of benzene rings is 1. The number of rotatable bonds is 5. The minimum absolute atomic E-state index is 0.134. The van der Waals surface area contributed by atoms with Gasteiger partial charge in [0.05, 0.1) is 29.8 Å². The molecule has 3 N–H and O–H groups in total. The third-order valence-electron chi connectivity index (χ3n) is 7.56. The molecular formula is C24H34N6O3. The third-order valence-corrected chi connectivity index (χ3v) is 7.56. The molecule has 3 aliphatic heterocycles. The molecule has 0 radical (unpaired) electrons. The van der Waals surface area contributed by atoms with E-state index in [0.29, 0.717) is 18.8 Å². The Morgan fingerprint density at radius 2 is 1.97 bits per heavy atom. The predicted molar refractivity (Wildman–Crippen MR) is 126 cm³/mol. The van der Waals surface area contributed by atoms with Gasteiger partial charge in [-0.05, 0) is 56.5 Å². The molecule has 1 aromatic carbocycles. The van der Waals surface area contributed by atoms with Crippen molar-refractivity contribution in [3.8, 4) is 0 Å². The first-order chi connectivity index (χ1) is 16.0. The van der Waals surface area contributed by atoms with Crippen molar-refractivity contribution in [3.63, 3.8) is 0 Å². The van der Waals surface area contributed by atoms with Crippen molar-refractivity contribution in [1.29, 1.82) is 0 Å². The van der Waals surface area contributed by atoms with Crippen molar-refractivity contribution < 1.29 is 14.7 Å². The fourth-order valence-corrected chi connectivity index (χ4v) is 5.62. The van der Waals surface area contributed by atoms with Gasteiger partial charge < -0.3 is 15.3 Å². The molecule has 0 spiro atoms. The van der Waals surface area contributed by atoms with Gasteiger partial charge >= 0.3 is 0 Å². The van der Waals surface area contributed by atoms with Gasteiger partial charge in [-0.15, -0.1) is 0 Å². The van der Waals surface area contributed by atoms with Crippen molar-refractivity contribution in [2.24, 2.45) is 13.0 Å². The zero-order valence-electron chi connectivity index (χ0n) is 19.3. The van der Waals surface area contributed by atoms with Gasteiger partial charge in [-0.3, -0.25) is 24.5 Å². The van der Waals surface area contributed by atoms with E-state index >= 15 is 0 Å². The Labute approximate surface area is 194 Å². The molecule has 0 saturated carbocycles. The number of nitrogens with one attached hydrogen (secondary N) is 2. The second-order valence-electron chi connectivity index (χ2n) is 9.68. The number of hydrogen-bond donors (Lipinski definition) is 3. The van der Waals surface area contributed by atoms with Crippen LogP contribution in [0.3, 0.4) is 0 Å². The second-order valence-corrected chi connectivity index (χ2v) is 9.68. The molecule has 9 heteroatoms. The van der Waals surface area contributed by atoms with E-state index in [-0.39, 0.29) is 24.5 Å². The van der Waals surface area contributed by atoms with Gasteiger partial charge in [-0.1, -0.05) is 0 Å². The first-order valence-corrected chi connectivity index (χ1v) is 12.1. The highest BCUT2D eigenvalue weighted by atomic mass is 16.3. The van der Waals surface area contributed by atoms with Crippen LogP contribution in [0.25, 0.3) is 10.9 Å². The summed E-state index contributed by atoms with van der Waals surface area (Å²) in [5, 5.41) is 21.6. The lowest BCUT2D eigenvalue weighted by atomic mass is 9.92. The molecule has 3 saturated heterocycles. The topological polar surface area (TPSA) is 103 Å². The van der Waals surface area contributed by atoms with Gasteiger partial charge in [0.15, 0.2) is 0 Å². The maximum Gasteiger partial charge on any atom is 0.235 e. The molecule has 3 fully saturated rings. The molecule has 1 unspecified atom stereocenters. The Bertz CT molecular complexity index is 1030. The number of hydrogen-bond acceptors (Lipinski definition) is 7. The molecule has 9 nitrogen and oxygen atoms in total. The minimum atomic E-state index is -0.394. The number of imide groups is 1. The maximum atomic E-state index is 12.4. The quantitative estimate of drug-likeness (QED) is 0.568. The number of nitrogens with zero attached hydrogens (tertiary/aromatic N) is 4. The number of amides is 2. The average Bonchev–Trinajstić information content (AvgIpc) is 3.15. The molecule has 0 bridgehead atoms. The van der Waals surface area contributed by atoms with E-state index in [2.05, 4.69) is 37.7 Å². The number of anilines is 1. The van der Waals surface area contributed by atoms with Crippen LogP contribution in [-0.4, -0.2) is 83.5 Å². The maximum absolute atomic E-state index is 12.4. The Balaban J connectivity index is 1.32. The van der Waals surface area contributed by atoms with Crippen LogP contribution < -0.4 is 15.5 Å². The van der Waals surface area contributed by atoms with Crippen molar-refractivity contribution in [3.05, 3.63) is 23.9 Å². The summed E-state index contributed by atoms with van der Waals surface area (Å²) in [5.41, 5.74) is 2.83. The molecule has 2 amide bonds. The number of aliphatic hydroxyl groups excluding tert-OH is 1. The normalized spacial score (nSPS) is 25.6. The van der Waals surface area contributed by atoms with Crippen LogP contribution in [0.15, 0.2) is 18.2 Å². The summed E-state index contributed by atoms with van der Waals surface area (Å²) in [6, 6.07) is 6.41. The molecule has 178 valence electrons. The zero-order chi connectivity index (χ0) is 22.9. The Morgan fingerprint density at radius 1 is 1.15 bits per heavy atom. The average molecular weight is 455 g/mol. The molecular weight excluding hydrogens is 420 g/mol. The summed E-state index contributed by atoms with van der Waals surface area (Å²) >= 11 is 0. The van der Waals surface area contributed by atoms with Crippen LogP contribution in [-0.2, 0) is 16.6 Å². The molecule has 2 aromatic rings. The second kappa shape index (κ2) is 9.40. The highest BCUT2D eigenvalue weighted by Gasteiger charge is 2.32. The third kappa shape index (κ3) is 4.49. The van der Waals surface area contributed by atoms with Crippen molar-refractivity contribution >= 4 is 28.4 Å². The summed E-state index contributed by atoms with van der Waals surface area (Å²) in [6.45, 7) is 6.08. The molecule has 33 heavy (non-hydrogen) atoms. The van der Waals surface area contributed by atoms with E-state index in [9.17, 15) is 14.7 Å². The van der Waals surface area contributed by atoms with Crippen LogP contribution in [0.2, 0.25) is 0 Å². The van der Waals surface area contributed by atoms with Crippen LogP contribution >= 0.6 is 0 Å².